The van der Waals surface area contributed by atoms with Crippen LogP contribution >= 0.6 is 0 Å². The molecule has 0 bridgehead atoms. The zero-order valence-electron chi connectivity index (χ0n) is 9.20. The molecule has 1 heterocycles. The molecule has 3 nitrogen and oxygen atoms in total. The van der Waals surface area contributed by atoms with Crippen LogP contribution in [0.2, 0.25) is 0 Å². The maximum absolute atomic E-state index is 5.35. The molecule has 0 amide bonds. The lowest BCUT2D eigenvalue weighted by molar-refractivity contribution is 0.324. The van der Waals surface area contributed by atoms with E-state index in [-0.39, 0.29) is 0 Å². The Morgan fingerprint density at radius 3 is 3.07 bits per heavy atom. The minimum absolute atomic E-state index is 0.673. The Labute approximate surface area is 90.9 Å². The molecule has 1 aromatic heterocycles. The van der Waals surface area contributed by atoms with Gasteiger partial charge in [0.1, 0.15) is 0 Å². The highest BCUT2D eigenvalue weighted by Crippen LogP contribution is 2.18. The topological polar surface area (TPSA) is 34.1 Å². The second-order valence-electron chi connectivity index (χ2n) is 3.94. The number of hydrogen-bond acceptors (Lipinski definition) is 3. The molecule has 1 saturated carbocycles. The third-order valence-corrected chi connectivity index (χ3v) is 2.79. The van der Waals surface area contributed by atoms with Gasteiger partial charge in [-0.1, -0.05) is 6.42 Å². The lowest BCUT2D eigenvalue weighted by Crippen LogP contribution is -2.34. The molecule has 1 aromatic rings. The van der Waals surface area contributed by atoms with E-state index in [2.05, 4.69) is 10.3 Å². The molecule has 1 aliphatic rings. The van der Waals surface area contributed by atoms with Gasteiger partial charge in [0.15, 0.2) is 0 Å². The Kier molecular flexibility index (Phi) is 3.56. The summed E-state index contributed by atoms with van der Waals surface area (Å²) >= 11 is 0. The predicted molar refractivity (Wildman–Crippen MR) is 59.9 cm³/mol. The van der Waals surface area contributed by atoms with Crippen LogP contribution in [0.25, 0.3) is 0 Å². The summed E-state index contributed by atoms with van der Waals surface area (Å²) in [5.41, 5.74) is 1.25. The summed E-state index contributed by atoms with van der Waals surface area (Å²) in [4.78, 5) is 4.14. The summed E-state index contributed by atoms with van der Waals surface area (Å²) in [5, 5.41) is 3.52. The first-order valence-corrected chi connectivity index (χ1v) is 5.69. The van der Waals surface area contributed by atoms with Crippen LogP contribution in [0.1, 0.15) is 31.7 Å². The smallest absolute Gasteiger partial charge is 0.213 e. The first-order chi connectivity index (χ1) is 7.38. The van der Waals surface area contributed by atoms with Crippen LogP contribution in [0.15, 0.2) is 18.3 Å². The summed E-state index contributed by atoms with van der Waals surface area (Å²) in [6.45, 7) is 3.57. The molecule has 0 atom stereocenters. The van der Waals surface area contributed by atoms with Crippen molar-refractivity contribution >= 4 is 0 Å². The van der Waals surface area contributed by atoms with Gasteiger partial charge in [-0.25, -0.2) is 4.98 Å². The molecule has 2 rings (SSSR count). The fraction of sp³-hybridized carbons (Fsp3) is 0.583. The van der Waals surface area contributed by atoms with Gasteiger partial charge in [0.2, 0.25) is 5.88 Å². The number of nitrogens with zero attached hydrogens (tertiary/aromatic N) is 1. The molecule has 82 valence electrons. The third kappa shape index (κ3) is 2.93. The largest absolute Gasteiger partial charge is 0.478 e. The number of aromatic nitrogens is 1. The molecule has 1 N–H and O–H groups in total. The van der Waals surface area contributed by atoms with Gasteiger partial charge in [0.05, 0.1) is 6.61 Å². The molecule has 1 fully saturated rings. The van der Waals surface area contributed by atoms with Crippen LogP contribution in [0.3, 0.4) is 0 Å². The van der Waals surface area contributed by atoms with Gasteiger partial charge in [-0.2, -0.15) is 0 Å². The summed E-state index contributed by atoms with van der Waals surface area (Å²) < 4.78 is 5.35. The summed E-state index contributed by atoms with van der Waals surface area (Å²) in [6, 6.07) is 4.78. The molecule has 0 aliphatic heterocycles. The predicted octanol–water partition coefficient (Wildman–Crippen LogP) is 2.12. The quantitative estimate of drug-likeness (QED) is 0.801. The van der Waals surface area contributed by atoms with E-state index in [4.69, 9.17) is 4.74 Å². The number of rotatable bonds is 5. The molecular formula is C12H18N2O. The third-order valence-electron chi connectivity index (χ3n) is 2.79. The van der Waals surface area contributed by atoms with Crippen molar-refractivity contribution in [2.24, 2.45) is 0 Å². The van der Waals surface area contributed by atoms with Gasteiger partial charge >= 0.3 is 0 Å². The molecule has 0 aromatic carbocycles. The Hall–Kier alpha value is -1.09. The highest BCUT2D eigenvalue weighted by molar-refractivity contribution is 5.20. The van der Waals surface area contributed by atoms with E-state index in [0.717, 1.165) is 18.5 Å². The van der Waals surface area contributed by atoms with Crippen LogP contribution in [0.5, 0.6) is 5.88 Å². The van der Waals surface area contributed by atoms with Gasteiger partial charge < -0.3 is 10.1 Å². The number of ether oxygens (including phenoxy) is 1. The van der Waals surface area contributed by atoms with E-state index >= 15 is 0 Å². The van der Waals surface area contributed by atoms with Crippen molar-refractivity contribution in [3.05, 3.63) is 23.9 Å². The zero-order chi connectivity index (χ0) is 10.5. The summed E-state index contributed by atoms with van der Waals surface area (Å²) in [6.07, 6.45) is 5.83. The number of nitrogens with one attached hydrogen (secondary N) is 1. The molecule has 0 unspecified atom stereocenters. The zero-order valence-corrected chi connectivity index (χ0v) is 9.20. The Morgan fingerprint density at radius 1 is 1.53 bits per heavy atom. The summed E-state index contributed by atoms with van der Waals surface area (Å²) in [5.74, 6) is 0.727. The van der Waals surface area contributed by atoms with Crippen LogP contribution in [0.4, 0.5) is 0 Å². The first-order valence-electron chi connectivity index (χ1n) is 5.69. The van der Waals surface area contributed by atoms with E-state index in [1.54, 1.807) is 0 Å². The Morgan fingerprint density at radius 2 is 2.40 bits per heavy atom. The van der Waals surface area contributed by atoms with Gasteiger partial charge in [0, 0.05) is 24.8 Å². The van der Waals surface area contributed by atoms with Gasteiger partial charge in [-0.15, -0.1) is 0 Å². The van der Waals surface area contributed by atoms with Crippen molar-refractivity contribution in [1.82, 2.24) is 10.3 Å². The van der Waals surface area contributed by atoms with Gasteiger partial charge in [0.25, 0.3) is 0 Å². The van der Waals surface area contributed by atoms with Crippen LogP contribution in [0, 0.1) is 0 Å². The summed E-state index contributed by atoms with van der Waals surface area (Å²) in [7, 11) is 0. The van der Waals surface area contributed by atoms with Crippen LogP contribution < -0.4 is 10.1 Å². The number of hydrogen-bond donors (Lipinski definition) is 1. The van der Waals surface area contributed by atoms with Gasteiger partial charge in [-0.3, -0.25) is 0 Å². The molecule has 0 radical (unpaired) electrons. The van der Waals surface area contributed by atoms with Gasteiger partial charge in [-0.05, 0) is 31.4 Å². The van der Waals surface area contributed by atoms with Crippen molar-refractivity contribution < 1.29 is 4.74 Å². The van der Waals surface area contributed by atoms with E-state index < -0.39 is 0 Å². The molecule has 0 spiro atoms. The van der Waals surface area contributed by atoms with E-state index in [1.165, 1.54) is 24.8 Å². The normalized spacial score (nSPS) is 16.1. The van der Waals surface area contributed by atoms with Crippen molar-refractivity contribution in [1.29, 1.82) is 0 Å². The Bertz CT molecular complexity index is 310. The standard InChI is InChI=1S/C12H18N2O/c1-2-15-12-8-10(6-7-13-12)9-14-11-4-3-5-11/h6-8,11,14H,2-5,9H2,1H3. The second kappa shape index (κ2) is 5.12. The molecule has 1 aliphatic carbocycles. The average Bonchev–Trinajstić information content (AvgIpc) is 2.16. The minimum atomic E-state index is 0.673. The average molecular weight is 206 g/mol. The monoisotopic (exact) mass is 206 g/mol. The van der Waals surface area contributed by atoms with Crippen molar-refractivity contribution in [2.45, 2.75) is 38.8 Å². The lowest BCUT2D eigenvalue weighted by Gasteiger charge is -2.26. The van der Waals surface area contributed by atoms with E-state index in [9.17, 15) is 0 Å². The SMILES string of the molecule is CCOc1cc(CNC2CCC2)ccn1. The Balaban J connectivity index is 1.86. The number of pyridine rings is 1. The highest BCUT2D eigenvalue weighted by Gasteiger charge is 2.15. The first kappa shape index (κ1) is 10.4. The van der Waals surface area contributed by atoms with Crippen LogP contribution in [-0.4, -0.2) is 17.6 Å². The minimum Gasteiger partial charge on any atom is -0.478 e. The molecule has 0 saturated heterocycles. The molecule has 15 heavy (non-hydrogen) atoms. The second-order valence-corrected chi connectivity index (χ2v) is 3.94. The van der Waals surface area contributed by atoms with E-state index in [0.29, 0.717) is 6.61 Å². The lowest BCUT2D eigenvalue weighted by atomic mass is 9.93. The van der Waals surface area contributed by atoms with Crippen molar-refractivity contribution in [3.63, 3.8) is 0 Å². The fourth-order valence-electron chi connectivity index (χ4n) is 1.66. The maximum Gasteiger partial charge on any atom is 0.213 e. The van der Waals surface area contributed by atoms with Crippen LogP contribution in [-0.2, 0) is 6.54 Å². The molecule has 3 heteroatoms. The van der Waals surface area contributed by atoms with E-state index in [1.807, 2.05) is 25.3 Å². The fourth-order valence-corrected chi connectivity index (χ4v) is 1.66. The molecular weight excluding hydrogens is 188 g/mol. The highest BCUT2D eigenvalue weighted by atomic mass is 16.5. The van der Waals surface area contributed by atoms with Crippen molar-refractivity contribution in [3.8, 4) is 5.88 Å². The van der Waals surface area contributed by atoms with Crippen molar-refractivity contribution in [2.75, 3.05) is 6.61 Å². The maximum atomic E-state index is 5.35.